The van der Waals surface area contributed by atoms with E-state index in [1.165, 1.54) is 4.90 Å². The summed E-state index contributed by atoms with van der Waals surface area (Å²) < 4.78 is 10.9. The zero-order valence-corrected chi connectivity index (χ0v) is 10.1. The number of ketones is 1. The van der Waals surface area contributed by atoms with Gasteiger partial charge in [0.2, 0.25) is 5.78 Å². The second kappa shape index (κ2) is 6.01. The number of hydrogen-bond acceptors (Lipinski definition) is 6. The van der Waals surface area contributed by atoms with Gasteiger partial charge in [-0.15, -0.1) is 0 Å². The predicted molar refractivity (Wildman–Crippen MR) is 60.3 cm³/mol. The van der Waals surface area contributed by atoms with Crippen LogP contribution < -0.4 is 0 Å². The van der Waals surface area contributed by atoms with Crippen molar-refractivity contribution in [1.29, 1.82) is 5.53 Å². The van der Waals surface area contributed by atoms with E-state index in [0.717, 1.165) is 19.6 Å². The average Bonchev–Trinajstić information content (AvgIpc) is 2.80. The van der Waals surface area contributed by atoms with Crippen LogP contribution in [0.4, 0.5) is 0 Å². The summed E-state index contributed by atoms with van der Waals surface area (Å²) in [5, 5.41) is 2.91. The number of carbonyl (C=O) groups is 2. The normalized spacial score (nSPS) is 23.8. The smallest absolute Gasteiger partial charge is 0.292 e. The fourth-order valence-electron chi connectivity index (χ4n) is 2.01. The molecule has 2 aliphatic rings. The van der Waals surface area contributed by atoms with Crippen LogP contribution in [0.3, 0.4) is 0 Å². The van der Waals surface area contributed by atoms with Crippen molar-refractivity contribution in [2.24, 2.45) is 11.0 Å². The standard InChI is InChI=1S/C11H17N3O4/c12-13-3-10(15)11(16)14-4-9(5-14)18-7-8-1-2-17-6-8/h8-9,12H,1-7H2. The molecule has 2 rings (SSSR count). The summed E-state index contributed by atoms with van der Waals surface area (Å²) in [5.74, 6) is -0.735. The maximum absolute atomic E-state index is 11.5. The van der Waals surface area contributed by atoms with Crippen molar-refractivity contribution in [3.05, 3.63) is 0 Å². The molecule has 7 heteroatoms. The van der Waals surface area contributed by atoms with Gasteiger partial charge in [0, 0.05) is 25.6 Å². The summed E-state index contributed by atoms with van der Waals surface area (Å²) in [5.41, 5.74) is 6.54. The van der Waals surface area contributed by atoms with Crippen LogP contribution in [0.15, 0.2) is 5.11 Å². The third-order valence-corrected chi connectivity index (χ3v) is 3.19. The molecule has 0 radical (unpaired) electrons. The van der Waals surface area contributed by atoms with E-state index in [2.05, 4.69) is 5.11 Å². The molecular formula is C11H17N3O4. The highest BCUT2D eigenvalue weighted by atomic mass is 16.5. The van der Waals surface area contributed by atoms with E-state index >= 15 is 0 Å². The molecule has 100 valence electrons. The number of rotatable bonds is 6. The van der Waals surface area contributed by atoms with Crippen LogP contribution in [0, 0.1) is 11.4 Å². The topological polar surface area (TPSA) is 92.0 Å². The van der Waals surface area contributed by atoms with Gasteiger partial charge >= 0.3 is 0 Å². The molecule has 2 aliphatic heterocycles. The molecule has 0 aromatic carbocycles. The molecule has 0 saturated carbocycles. The van der Waals surface area contributed by atoms with Crippen LogP contribution in [0.5, 0.6) is 0 Å². The number of likely N-dealkylation sites (tertiary alicyclic amines) is 1. The van der Waals surface area contributed by atoms with Crippen LogP contribution in [-0.4, -0.2) is 62.1 Å². The fraction of sp³-hybridized carbons (Fsp3) is 0.818. The first-order valence-corrected chi connectivity index (χ1v) is 6.05. The molecule has 18 heavy (non-hydrogen) atoms. The molecule has 7 nitrogen and oxygen atoms in total. The Morgan fingerprint density at radius 1 is 1.44 bits per heavy atom. The average molecular weight is 255 g/mol. The molecule has 0 aromatic rings. The van der Waals surface area contributed by atoms with Gasteiger partial charge in [-0.05, 0) is 6.42 Å². The van der Waals surface area contributed by atoms with Crippen molar-refractivity contribution < 1.29 is 19.1 Å². The van der Waals surface area contributed by atoms with Gasteiger partial charge in [-0.2, -0.15) is 5.11 Å². The van der Waals surface area contributed by atoms with Gasteiger partial charge in [-0.25, -0.2) is 5.53 Å². The van der Waals surface area contributed by atoms with Gasteiger partial charge in [0.05, 0.1) is 19.3 Å². The summed E-state index contributed by atoms with van der Waals surface area (Å²) in [6.07, 6.45) is 1.05. The maximum atomic E-state index is 11.5. The minimum atomic E-state index is -0.632. The highest BCUT2D eigenvalue weighted by molar-refractivity contribution is 6.37. The van der Waals surface area contributed by atoms with Crippen molar-refractivity contribution in [3.63, 3.8) is 0 Å². The number of nitrogens with zero attached hydrogens (tertiary/aromatic N) is 2. The first-order chi connectivity index (χ1) is 8.70. The molecule has 0 aromatic heterocycles. The van der Waals surface area contributed by atoms with Crippen molar-refractivity contribution in [1.82, 2.24) is 4.90 Å². The van der Waals surface area contributed by atoms with E-state index in [1.807, 2.05) is 0 Å². The molecule has 2 saturated heterocycles. The van der Waals surface area contributed by atoms with Crippen LogP contribution in [0.1, 0.15) is 6.42 Å². The maximum Gasteiger partial charge on any atom is 0.292 e. The summed E-state index contributed by atoms with van der Waals surface area (Å²) in [4.78, 5) is 24.1. The van der Waals surface area contributed by atoms with Crippen LogP contribution in [0.25, 0.3) is 0 Å². The molecule has 1 N–H and O–H groups in total. The number of ether oxygens (including phenoxy) is 2. The number of carbonyl (C=O) groups excluding carboxylic acids is 2. The molecule has 1 amide bonds. The van der Waals surface area contributed by atoms with Crippen molar-refractivity contribution in [2.75, 3.05) is 39.5 Å². The largest absolute Gasteiger partial charge is 0.381 e. The van der Waals surface area contributed by atoms with Gasteiger partial charge < -0.3 is 14.4 Å². The Morgan fingerprint density at radius 3 is 2.83 bits per heavy atom. The second-order valence-electron chi connectivity index (χ2n) is 4.63. The van der Waals surface area contributed by atoms with E-state index in [9.17, 15) is 9.59 Å². The van der Waals surface area contributed by atoms with Gasteiger partial charge in [0.15, 0.2) is 0 Å². The van der Waals surface area contributed by atoms with Crippen LogP contribution in [0.2, 0.25) is 0 Å². The molecule has 0 aliphatic carbocycles. The second-order valence-corrected chi connectivity index (χ2v) is 4.63. The molecule has 0 spiro atoms. The Kier molecular flexibility index (Phi) is 4.38. The summed E-state index contributed by atoms with van der Waals surface area (Å²) >= 11 is 0. The first kappa shape index (κ1) is 13.1. The van der Waals surface area contributed by atoms with Crippen LogP contribution >= 0.6 is 0 Å². The summed E-state index contributed by atoms with van der Waals surface area (Å²) in [7, 11) is 0. The minimum absolute atomic E-state index is 0.0234. The lowest BCUT2D eigenvalue weighted by molar-refractivity contribution is -0.154. The molecule has 2 fully saturated rings. The van der Waals surface area contributed by atoms with E-state index in [-0.39, 0.29) is 12.6 Å². The van der Waals surface area contributed by atoms with Gasteiger partial charge in [-0.1, -0.05) is 0 Å². The Morgan fingerprint density at radius 2 is 2.22 bits per heavy atom. The third-order valence-electron chi connectivity index (χ3n) is 3.19. The predicted octanol–water partition coefficient (Wildman–Crippen LogP) is -0.150. The lowest BCUT2D eigenvalue weighted by Crippen LogP contribution is -2.57. The van der Waals surface area contributed by atoms with E-state index in [4.69, 9.17) is 15.0 Å². The number of Topliss-reactive ketones (excluding diaryl/α,β-unsaturated/α-hetero) is 1. The number of nitrogens with one attached hydrogen (secondary N) is 1. The van der Waals surface area contributed by atoms with Crippen molar-refractivity contribution >= 4 is 11.7 Å². The third kappa shape index (κ3) is 3.11. The monoisotopic (exact) mass is 255 g/mol. The molecule has 1 atom stereocenters. The van der Waals surface area contributed by atoms with Gasteiger partial charge in [0.25, 0.3) is 5.91 Å². The van der Waals surface area contributed by atoms with E-state index in [1.54, 1.807) is 0 Å². The Labute approximate surface area is 105 Å². The number of amides is 1. The van der Waals surface area contributed by atoms with E-state index < -0.39 is 11.7 Å². The fourth-order valence-corrected chi connectivity index (χ4v) is 2.01. The first-order valence-electron chi connectivity index (χ1n) is 6.05. The highest BCUT2D eigenvalue weighted by Gasteiger charge is 2.34. The zero-order valence-electron chi connectivity index (χ0n) is 10.1. The van der Waals surface area contributed by atoms with Gasteiger partial charge in [-0.3, -0.25) is 9.59 Å². The molecular weight excluding hydrogens is 238 g/mol. The Hall–Kier alpha value is -1.34. The van der Waals surface area contributed by atoms with E-state index in [0.29, 0.717) is 25.6 Å². The highest BCUT2D eigenvalue weighted by Crippen LogP contribution is 2.17. The quantitative estimate of drug-likeness (QED) is 0.527. The summed E-state index contributed by atoms with van der Waals surface area (Å²) in [6, 6.07) is 0. The van der Waals surface area contributed by atoms with Crippen LogP contribution in [-0.2, 0) is 19.1 Å². The van der Waals surface area contributed by atoms with Crippen molar-refractivity contribution in [3.8, 4) is 0 Å². The molecule has 0 bridgehead atoms. The molecule has 1 unspecified atom stereocenters. The summed E-state index contributed by atoms with van der Waals surface area (Å²) in [6.45, 7) is 2.75. The number of hydrogen-bond donors (Lipinski definition) is 1. The Balaban J connectivity index is 1.62. The van der Waals surface area contributed by atoms with Crippen molar-refractivity contribution in [2.45, 2.75) is 12.5 Å². The zero-order chi connectivity index (χ0) is 13.0. The lowest BCUT2D eigenvalue weighted by atomic mass is 10.1. The van der Waals surface area contributed by atoms with Gasteiger partial charge in [0.1, 0.15) is 6.54 Å². The SMILES string of the molecule is N=NCC(=O)C(=O)N1CC(OCC2CCOC2)C1. The molecule has 2 heterocycles. The lowest BCUT2D eigenvalue weighted by Gasteiger charge is -2.38. The minimum Gasteiger partial charge on any atom is -0.381 e. The Bertz CT molecular complexity index is 335.